The van der Waals surface area contributed by atoms with Crippen LogP contribution in [-0.2, 0) is 14.0 Å². The second-order valence-corrected chi connectivity index (χ2v) is 5.72. The molecule has 0 atom stereocenters. The van der Waals surface area contributed by atoms with E-state index in [0.717, 1.165) is 0 Å². The van der Waals surface area contributed by atoms with Gasteiger partial charge in [0, 0.05) is 11.7 Å². The summed E-state index contributed by atoms with van der Waals surface area (Å²) in [4.78, 5) is 15.3. The Morgan fingerprint density at radius 2 is 1.85 bits per heavy atom. The molecule has 0 spiro atoms. The number of ether oxygens (including phenoxy) is 1. The summed E-state index contributed by atoms with van der Waals surface area (Å²) in [7, 11) is 0.594. The number of esters is 1. The van der Waals surface area contributed by atoms with Crippen LogP contribution in [0.15, 0.2) is 12.3 Å². The van der Waals surface area contributed by atoms with Crippen LogP contribution >= 0.6 is 0 Å². The summed E-state index contributed by atoms with van der Waals surface area (Å²) in [5.74, 6) is -0.952. The minimum atomic E-state index is -0.692. The monoisotopic (exact) mass is 279 g/mol. The first-order valence-electron chi connectivity index (χ1n) is 6.31. The summed E-state index contributed by atoms with van der Waals surface area (Å²) in [5, 5.41) is 9.84. The molecule has 20 heavy (non-hydrogen) atoms. The largest absolute Gasteiger partial charge is 0.505 e. The lowest BCUT2D eigenvalue weighted by atomic mass is 9.80. The van der Waals surface area contributed by atoms with Crippen LogP contribution < -0.4 is 5.46 Å². The van der Waals surface area contributed by atoms with Crippen molar-refractivity contribution in [3.8, 4) is 5.75 Å². The molecular formula is C13H18BNO5. The van der Waals surface area contributed by atoms with Gasteiger partial charge in [-0.3, -0.25) is 0 Å². The third kappa shape index (κ3) is 2.38. The molecule has 0 amide bonds. The Hall–Kier alpha value is -1.60. The summed E-state index contributed by atoms with van der Waals surface area (Å²) in [5.41, 5.74) is -0.538. The number of hydrogen-bond acceptors (Lipinski definition) is 6. The highest BCUT2D eigenvalue weighted by atomic mass is 16.7. The molecule has 108 valence electrons. The van der Waals surface area contributed by atoms with Crippen LogP contribution in [0.3, 0.4) is 0 Å². The van der Waals surface area contributed by atoms with Crippen LogP contribution in [0, 0.1) is 0 Å². The van der Waals surface area contributed by atoms with E-state index < -0.39 is 24.3 Å². The summed E-state index contributed by atoms with van der Waals surface area (Å²) in [6.07, 6.45) is 1.44. The van der Waals surface area contributed by atoms with Gasteiger partial charge < -0.3 is 19.2 Å². The lowest BCUT2D eigenvalue weighted by Crippen LogP contribution is -2.41. The summed E-state index contributed by atoms with van der Waals surface area (Å²) >= 11 is 0. The van der Waals surface area contributed by atoms with E-state index in [4.69, 9.17) is 9.31 Å². The number of aromatic hydroxyl groups is 1. The van der Waals surface area contributed by atoms with E-state index in [1.807, 2.05) is 27.7 Å². The molecule has 7 heteroatoms. The van der Waals surface area contributed by atoms with Gasteiger partial charge in [0.15, 0.2) is 5.69 Å². The first-order chi connectivity index (χ1) is 9.18. The Morgan fingerprint density at radius 3 is 2.30 bits per heavy atom. The average molecular weight is 279 g/mol. The van der Waals surface area contributed by atoms with Crippen molar-refractivity contribution in [1.29, 1.82) is 0 Å². The minimum Gasteiger partial charge on any atom is -0.505 e. The molecule has 0 radical (unpaired) electrons. The molecule has 1 aromatic rings. The van der Waals surface area contributed by atoms with Crippen molar-refractivity contribution in [3.05, 3.63) is 18.0 Å². The number of methoxy groups -OCH3 is 1. The first-order valence-corrected chi connectivity index (χ1v) is 6.31. The van der Waals surface area contributed by atoms with E-state index in [1.54, 1.807) is 0 Å². The van der Waals surface area contributed by atoms with Gasteiger partial charge in [-0.05, 0) is 33.8 Å². The predicted octanol–water partition coefficient (Wildman–Crippen LogP) is 0.873. The van der Waals surface area contributed by atoms with Crippen molar-refractivity contribution in [3.63, 3.8) is 0 Å². The van der Waals surface area contributed by atoms with Crippen LogP contribution in [0.25, 0.3) is 0 Å². The number of pyridine rings is 1. The average Bonchev–Trinajstić information content (AvgIpc) is 2.57. The quantitative estimate of drug-likeness (QED) is 0.639. The lowest BCUT2D eigenvalue weighted by molar-refractivity contribution is 0.00578. The van der Waals surface area contributed by atoms with E-state index >= 15 is 0 Å². The fraction of sp³-hybridized carbons (Fsp3) is 0.538. The number of hydrogen-bond donors (Lipinski definition) is 1. The van der Waals surface area contributed by atoms with Gasteiger partial charge in [0.25, 0.3) is 0 Å². The highest BCUT2D eigenvalue weighted by Crippen LogP contribution is 2.36. The normalized spacial score (nSPS) is 19.9. The van der Waals surface area contributed by atoms with Crippen LogP contribution in [-0.4, -0.2) is 41.5 Å². The molecule has 1 fully saturated rings. The maximum absolute atomic E-state index is 11.4. The Bertz CT molecular complexity index is 528. The molecule has 6 nitrogen and oxygen atoms in total. The number of carbonyl (C=O) groups excluding carboxylic acids is 1. The molecule has 1 aliphatic heterocycles. The van der Waals surface area contributed by atoms with Crippen molar-refractivity contribution < 1.29 is 23.9 Å². The van der Waals surface area contributed by atoms with E-state index in [0.29, 0.717) is 5.46 Å². The standard InChI is InChI=1S/C13H18BNO5/c1-12(2)13(3,4)20-14(19-12)8-6-9(16)10(15-7-8)11(17)18-5/h6-7,16H,1-5H3. The molecule has 1 saturated heterocycles. The van der Waals surface area contributed by atoms with Crippen LogP contribution in [0.4, 0.5) is 0 Å². The second kappa shape index (κ2) is 4.75. The molecule has 2 rings (SSSR count). The zero-order valence-corrected chi connectivity index (χ0v) is 12.3. The Balaban J connectivity index is 2.28. The molecular weight excluding hydrogens is 261 g/mol. The SMILES string of the molecule is COC(=O)c1ncc(B2OC(C)(C)C(C)(C)O2)cc1O. The van der Waals surface area contributed by atoms with Crippen LogP contribution in [0.2, 0.25) is 0 Å². The van der Waals surface area contributed by atoms with Crippen molar-refractivity contribution in [2.45, 2.75) is 38.9 Å². The lowest BCUT2D eigenvalue weighted by Gasteiger charge is -2.32. The zero-order chi connectivity index (χ0) is 15.1. The fourth-order valence-electron chi connectivity index (χ4n) is 1.83. The van der Waals surface area contributed by atoms with Crippen molar-refractivity contribution >= 4 is 18.6 Å². The summed E-state index contributed by atoms with van der Waals surface area (Å²) < 4.78 is 16.2. The Labute approximate surface area is 118 Å². The molecule has 1 aromatic heterocycles. The second-order valence-electron chi connectivity index (χ2n) is 5.72. The van der Waals surface area contributed by atoms with Gasteiger partial charge in [-0.1, -0.05) is 0 Å². The smallest absolute Gasteiger partial charge is 0.496 e. The van der Waals surface area contributed by atoms with Crippen molar-refractivity contribution in [2.24, 2.45) is 0 Å². The van der Waals surface area contributed by atoms with Gasteiger partial charge in [0.05, 0.1) is 18.3 Å². The van der Waals surface area contributed by atoms with E-state index in [2.05, 4.69) is 9.72 Å². The molecule has 1 N–H and O–H groups in total. The first kappa shape index (κ1) is 14.8. The number of aromatic nitrogens is 1. The van der Waals surface area contributed by atoms with Gasteiger partial charge in [0.1, 0.15) is 5.75 Å². The minimum absolute atomic E-state index is 0.132. The van der Waals surface area contributed by atoms with E-state index in [1.165, 1.54) is 19.4 Å². The summed E-state index contributed by atoms with van der Waals surface area (Å²) in [6.45, 7) is 7.73. The summed E-state index contributed by atoms with van der Waals surface area (Å²) in [6, 6.07) is 1.40. The molecule has 0 aliphatic carbocycles. The maximum Gasteiger partial charge on any atom is 0.496 e. The highest BCUT2D eigenvalue weighted by Gasteiger charge is 2.52. The molecule has 2 heterocycles. The van der Waals surface area contributed by atoms with Crippen molar-refractivity contribution in [1.82, 2.24) is 4.98 Å². The molecule has 0 aromatic carbocycles. The van der Waals surface area contributed by atoms with E-state index in [9.17, 15) is 9.90 Å². The zero-order valence-electron chi connectivity index (χ0n) is 12.3. The van der Waals surface area contributed by atoms with Crippen LogP contribution in [0.5, 0.6) is 5.75 Å². The molecule has 0 saturated carbocycles. The fourth-order valence-corrected chi connectivity index (χ4v) is 1.83. The van der Waals surface area contributed by atoms with Crippen molar-refractivity contribution in [2.75, 3.05) is 7.11 Å². The third-order valence-electron chi connectivity index (χ3n) is 3.79. The Morgan fingerprint density at radius 1 is 1.30 bits per heavy atom. The third-order valence-corrected chi connectivity index (χ3v) is 3.79. The number of nitrogens with zero attached hydrogens (tertiary/aromatic N) is 1. The van der Waals surface area contributed by atoms with E-state index in [-0.39, 0.29) is 11.4 Å². The molecule has 0 unspecified atom stereocenters. The molecule has 0 bridgehead atoms. The van der Waals surface area contributed by atoms with Crippen LogP contribution in [0.1, 0.15) is 38.2 Å². The highest BCUT2D eigenvalue weighted by molar-refractivity contribution is 6.62. The van der Waals surface area contributed by atoms with Gasteiger partial charge >= 0.3 is 13.1 Å². The Kier molecular flexibility index (Phi) is 3.52. The maximum atomic E-state index is 11.4. The van der Waals surface area contributed by atoms with Gasteiger partial charge in [-0.2, -0.15) is 0 Å². The number of rotatable bonds is 2. The molecule has 1 aliphatic rings. The van der Waals surface area contributed by atoms with Gasteiger partial charge in [0.2, 0.25) is 0 Å². The number of carbonyl (C=O) groups is 1. The predicted molar refractivity (Wildman–Crippen MR) is 73.0 cm³/mol. The van der Waals surface area contributed by atoms with Gasteiger partial charge in [-0.25, -0.2) is 9.78 Å². The topological polar surface area (TPSA) is 77.9 Å². The van der Waals surface area contributed by atoms with Gasteiger partial charge in [-0.15, -0.1) is 0 Å².